The maximum atomic E-state index is 15.6. The van der Waals surface area contributed by atoms with E-state index in [0.29, 0.717) is 35.1 Å². The molecule has 0 spiro atoms. The van der Waals surface area contributed by atoms with Gasteiger partial charge in [-0.3, -0.25) is 14.8 Å². The first-order valence-corrected chi connectivity index (χ1v) is 12.9. The van der Waals surface area contributed by atoms with Crippen molar-refractivity contribution >= 4 is 17.3 Å². The Morgan fingerprint density at radius 3 is 2.40 bits per heavy atom. The zero-order valence-corrected chi connectivity index (χ0v) is 21.5. The molecule has 1 unspecified atom stereocenters. The smallest absolute Gasteiger partial charge is 0.380 e. The van der Waals surface area contributed by atoms with Crippen LogP contribution >= 0.6 is 0 Å². The largest absolute Gasteiger partial charge is 0.432 e. The molecule has 0 aliphatic heterocycles. The number of rotatable bonds is 9. The number of aromatic nitrogens is 2. The number of halogens is 4. The number of anilines is 2. The molecule has 1 aromatic heterocycles. The molecule has 1 atom stereocenters. The molecule has 3 aromatic carbocycles. The molecule has 208 valence electrons. The topological polar surface area (TPSA) is 95.2 Å². The highest BCUT2D eigenvalue weighted by Crippen LogP contribution is 2.43. The number of hydrogen-bond acceptors (Lipinski definition) is 4. The maximum Gasteiger partial charge on any atom is 0.432 e. The molecule has 1 fully saturated rings. The molecule has 10 heteroatoms. The van der Waals surface area contributed by atoms with E-state index in [4.69, 9.17) is 5.73 Å². The number of aliphatic hydroxyl groups is 1. The van der Waals surface area contributed by atoms with E-state index in [2.05, 4.69) is 5.10 Å². The van der Waals surface area contributed by atoms with Crippen LogP contribution in [0.4, 0.5) is 28.9 Å². The molecule has 0 bridgehead atoms. The predicted octanol–water partition coefficient (Wildman–Crippen LogP) is 6.43. The molecule has 4 N–H and O–H groups in total. The van der Waals surface area contributed by atoms with E-state index in [1.807, 2.05) is 11.2 Å². The lowest BCUT2D eigenvalue weighted by Gasteiger charge is -2.31. The average Bonchev–Trinajstić information content (AvgIpc) is 3.64. The summed E-state index contributed by atoms with van der Waals surface area (Å²) >= 11 is 0. The number of nitrogens with one attached hydrogen (secondary N) is 1. The fourth-order valence-electron chi connectivity index (χ4n) is 4.81. The van der Waals surface area contributed by atoms with Crippen LogP contribution in [0.25, 0.3) is 0 Å². The molecule has 1 aliphatic carbocycles. The highest BCUT2D eigenvalue weighted by molar-refractivity contribution is 6.10. The number of nitrogens with two attached hydrogens (primary N) is 1. The molecular weight excluding hydrogens is 524 g/mol. The zero-order valence-electron chi connectivity index (χ0n) is 21.5. The van der Waals surface area contributed by atoms with Crippen molar-refractivity contribution in [1.82, 2.24) is 10.2 Å². The van der Waals surface area contributed by atoms with Crippen LogP contribution in [-0.2, 0) is 18.3 Å². The van der Waals surface area contributed by atoms with Crippen molar-refractivity contribution in [3.8, 4) is 0 Å². The van der Waals surface area contributed by atoms with Crippen molar-refractivity contribution < 1.29 is 27.5 Å². The number of aromatic amines is 1. The number of alkyl halides is 3. The third-order valence-corrected chi connectivity index (χ3v) is 7.24. The van der Waals surface area contributed by atoms with Crippen LogP contribution in [0.3, 0.4) is 0 Å². The Kier molecular flexibility index (Phi) is 7.48. The minimum Gasteiger partial charge on any atom is -0.380 e. The number of hydrogen-bond donors (Lipinski definition) is 3. The van der Waals surface area contributed by atoms with Gasteiger partial charge in [0.25, 0.3) is 5.91 Å². The molecular formula is C30H28F4N4O2. The fraction of sp³-hybridized carbons (Fsp3) is 0.267. The molecule has 1 heterocycles. The highest BCUT2D eigenvalue weighted by Gasteiger charge is 2.37. The molecule has 1 aliphatic rings. The van der Waals surface area contributed by atoms with Crippen LogP contribution in [0.1, 0.15) is 58.6 Å². The molecule has 0 radical (unpaired) electrons. The molecule has 1 saturated carbocycles. The molecule has 4 aromatic rings. The Balaban J connectivity index is 1.64. The Hall–Kier alpha value is -4.02. The third kappa shape index (κ3) is 5.64. The quantitative estimate of drug-likeness (QED) is 0.209. The standard InChI is InChI=1S/C30H28F4N4O2/c31-24-12-11-22(29(40,14-13-19-9-10-19)21-6-2-1-3-7-21)16-26(24)38(23-8-4-5-20(15-23)18-35)28(39)25-17-27(37-36-25)30(32,33)34/h1-8,11-12,15-17,19,40H,9-10,13-14,18,35H2,(H,36,37). The summed E-state index contributed by atoms with van der Waals surface area (Å²) in [7, 11) is 0. The van der Waals surface area contributed by atoms with Gasteiger partial charge in [0.15, 0.2) is 5.69 Å². The second-order valence-corrected chi connectivity index (χ2v) is 10.1. The van der Waals surface area contributed by atoms with Crippen LogP contribution in [0, 0.1) is 11.7 Å². The minimum atomic E-state index is -4.76. The maximum absolute atomic E-state index is 15.6. The van der Waals surface area contributed by atoms with E-state index < -0.39 is 34.9 Å². The fourth-order valence-corrected chi connectivity index (χ4v) is 4.81. The van der Waals surface area contributed by atoms with Gasteiger partial charge in [-0.2, -0.15) is 18.3 Å². The Morgan fingerprint density at radius 1 is 1.00 bits per heavy atom. The van der Waals surface area contributed by atoms with E-state index in [9.17, 15) is 23.1 Å². The van der Waals surface area contributed by atoms with Crippen molar-refractivity contribution in [3.63, 3.8) is 0 Å². The van der Waals surface area contributed by atoms with Gasteiger partial charge in [0, 0.05) is 18.3 Å². The second kappa shape index (κ2) is 10.9. The van der Waals surface area contributed by atoms with Crippen molar-refractivity contribution in [3.05, 3.63) is 113 Å². The predicted molar refractivity (Wildman–Crippen MR) is 142 cm³/mol. The Bertz CT molecular complexity index is 1500. The van der Waals surface area contributed by atoms with Crippen LogP contribution in [0.15, 0.2) is 78.9 Å². The van der Waals surface area contributed by atoms with Crippen molar-refractivity contribution in [1.29, 1.82) is 0 Å². The summed E-state index contributed by atoms with van der Waals surface area (Å²) in [5.74, 6) is -1.28. The Morgan fingerprint density at radius 2 is 1.75 bits per heavy atom. The zero-order chi connectivity index (χ0) is 28.5. The number of carbonyl (C=O) groups excluding carboxylic acids is 1. The number of nitrogens with zero attached hydrogens (tertiary/aromatic N) is 2. The van der Waals surface area contributed by atoms with Gasteiger partial charge in [0.1, 0.15) is 17.1 Å². The first kappa shape index (κ1) is 27.5. The van der Waals surface area contributed by atoms with E-state index in [0.717, 1.165) is 30.2 Å². The number of H-pyrrole nitrogens is 1. The van der Waals surface area contributed by atoms with Gasteiger partial charge in [-0.1, -0.05) is 61.4 Å². The molecule has 40 heavy (non-hydrogen) atoms. The van der Waals surface area contributed by atoms with Gasteiger partial charge in [-0.15, -0.1) is 0 Å². The van der Waals surface area contributed by atoms with Crippen LogP contribution in [0.5, 0.6) is 0 Å². The first-order chi connectivity index (χ1) is 19.1. The Labute approximate surface area is 228 Å². The first-order valence-electron chi connectivity index (χ1n) is 12.9. The van der Waals surface area contributed by atoms with Gasteiger partial charge < -0.3 is 10.8 Å². The normalized spacial score (nSPS) is 15.1. The minimum absolute atomic E-state index is 0.119. The summed E-state index contributed by atoms with van der Waals surface area (Å²) in [6.07, 6.45) is -1.45. The summed E-state index contributed by atoms with van der Waals surface area (Å²) < 4.78 is 55.3. The monoisotopic (exact) mass is 552 g/mol. The van der Waals surface area contributed by atoms with Gasteiger partial charge >= 0.3 is 6.18 Å². The van der Waals surface area contributed by atoms with Crippen LogP contribution in [-0.4, -0.2) is 21.2 Å². The molecule has 6 nitrogen and oxygen atoms in total. The molecule has 0 saturated heterocycles. The number of carbonyl (C=O) groups is 1. The summed E-state index contributed by atoms with van der Waals surface area (Å²) in [4.78, 5) is 14.7. The van der Waals surface area contributed by atoms with E-state index in [1.165, 1.54) is 18.2 Å². The van der Waals surface area contributed by atoms with Crippen molar-refractivity contribution in [2.24, 2.45) is 11.7 Å². The van der Waals surface area contributed by atoms with Gasteiger partial charge in [0.2, 0.25) is 0 Å². The second-order valence-electron chi connectivity index (χ2n) is 10.1. The third-order valence-electron chi connectivity index (χ3n) is 7.24. The van der Waals surface area contributed by atoms with E-state index in [-0.39, 0.29) is 17.9 Å². The van der Waals surface area contributed by atoms with Crippen LogP contribution < -0.4 is 10.6 Å². The lowest BCUT2D eigenvalue weighted by Crippen LogP contribution is -2.30. The van der Waals surface area contributed by atoms with Crippen molar-refractivity contribution in [2.45, 2.75) is 44.0 Å². The number of benzene rings is 3. The molecule has 1 amide bonds. The van der Waals surface area contributed by atoms with Crippen LogP contribution in [0.2, 0.25) is 0 Å². The summed E-state index contributed by atoms with van der Waals surface area (Å²) in [6, 6.07) is 20.0. The molecule has 5 rings (SSSR count). The van der Waals surface area contributed by atoms with E-state index in [1.54, 1.807) is 42.5 Å². The SMILES string of the molecule is NCc1cccc(N(C(=O)c2cc(C(F)(F)F)[nH]n2)c2cc(C(O)(CCC3CC3)c3ccccc3)ccc2F)c1. The summed E-state index contributed by atoms with van der Waals surface area (Å²) in [5.41, 5.74) is 4.05. The highest BCUT2D eigenvalue weighted by atomic mass is 19.4. The van der Waals surface area contributed by atoms with Gasteiger partial charge in [-0.05, 0) is 59.7 Å². The summed E-state index contributed by atoms with van der Waals surface area (Å²) in [6.45, 7) is 0.119. The van der Waals surface area contributed by atoms with E-state index >= 15 is 4.39 Å². The summed E-state index contributed by atoms with van der Waals surface area (Å²) in [5, 5.41) is 17.4. The van der Waals surface area contributed by atoms with Gasteiger partial charge in [-0.25, -0.2) is 4.39 Å². The van der Waals surface area contributed by atoms with Crippen molar-refractivity contribution in [2.75, 3.05) is 4.90 Å². The van der Waals surface area contributed by atoms with Gasteiger partial charge in [0.05, 0.1) is 5.69 Å². The lowest BCUT2D eigenvalue weighted by atomic mass is 9.81. The average molecular weight is 553 g/mol. The lowest BCUT2D eigenvalue weighted by molar-refractivity contribution is -0.141. The number of amides is 1.